The molecule has 4 rings (SSSR count). The third kappa shape index (κ3) is 3.82. The fraction of sp³-hybridized carbons (Fsp3) is 0.211. The molecule has 3 heterocycles. The van der Waals surface area contributed by atoms with Gasteiger partial charge in [-0.2, -0.15) is 0 Å². The summed E-state index contributed by atoms with van der Waals surface area (Å²) in [6, 6.07) is 8.33. The van der Waals surface area contributed by atoms with Gasteiger partial charge in [0.2, 0.25) is 5.13 Å². The van der Waals surface area contributed by atoms with Crippen LogP contribution in [0.3, 0.4) is 0 Å². The Labute approximate surface area is 174 Å². The molecule has 1 aliphatic rings. The second-order valence-electron chi connectivity index (χ2n) is 6.21. The van der Waals surface area contributed by atoms with Crippen LogP contribution < -0.4 is 5.32 Å². The summed E-state index contributed by atoms with van der Waals surface area (Å²) in [6.45, 7) is 0.731. The topological polar surface area (TPSA) is 101 Å². The highest BCUT2D eigenvalue weighted by Crippen LogP contribution is 2.30. The van der Waals surface area contributed by atoms with Gasteiger partial charge in [0.15, 0.2) is 5.01 Å². The summed E-state index contributed by atoms with van der Waals surface area (Å²) in [5.74, 6) is -1.16. The number of amides is 3. The molecule has 1 N–H and O–H groups in total. The Morgan fingerprint density at radius 1 is 1.17 bits per heavy atom. The van der Waals surface area contributed by atoms with Gasteiger partial charge in [-0.3, -0.25) is 24.6 Å². The van der Waals surface area contributed by atoms with Gasteiger partial charge in [0.25, 0.3) is 17.7 Å². The van der Waals surface area contributed by atoms with E-state index in [0.717, 1.165) is 9.88 Å². The Bertz CT molecular complexity index is 1080. The zero-order chi connectivity index (χ0) is 20.4. The van der Waals surface area contributed by atoms with Crippen molar-refractivity contribution in [1.82, 2.24) is 15.1 Å². The van der Waals surface area contributed by atoms with Crippen LogP contribution in [0.1, 0.15) is 37.5 Å². The molecule has 2 aromatic heterocycles. The molecule has 29 heavy (non-hydrogen) atoms. The minimum atomic E-state index is -0.417. The maximum atomic E-state index is 12.6. The van der Waals surface area contributed by atoms with Gasteiger partial charge >= 0.3 is 0 Å². The summed E-state index contributed by atoms with van der Waals surface area (Å²) >= 11 is 2.81. The molecule has 8 nitrogen and oxygen atoms in total. The Morgan fingerprint density at radius 2 is 2.00 bits per heavy atom. The summed E-state index contributed by atoms with van der Waals surface area (Å²) in [6.07, 6.45) is 0.554. The Hall–Kier alpha value is -2.95. The smallest absolute Gasteiger partial charge is 0.261 e. The number of hydrogen-bond acceptors (Lipinski definition) is 8. The van der Waals surface area contributed by atoms with Gasteiger partial charge in [0.1, 0.15) is 0 Å². The number of nitrogens with zero attached hydrogens (tertiary/aromatic N) is 3. The quantitative estimate of drug-likeness (QED) is 0.458. The van der Waals surface area contributed by atoms with Gasteiger partial charge in [-0.25, -0.2) is 0 Å². The number of rotatable bonds is 7. The number of imide groups is 1. The fourth-order valence-electron chi connectivity index (χ4n) is 2.94. The Morgan fingerprint density at radius 3 is 2.76 bits per heavy atom. The van der Waals surface area contributed by atoms with Crippen LogP contribution in [0.25, 0.3) is 9.88 Å². The first-order valence-corrected chi connectivity index (χ1v) is 10.5. The average Bonchev–Trinajstić information content (AvgIpc) is 3.45. The highest BCUT2D eigenvalue weighted by molar-refractivity contribution is 7.23. The first-order valence-electron chi connectivity index (χ1n) is 8.76. The van der Waals surface area contributed by atoms with E-state index < -0.39 is 11.8 Å². The monoisotopic (exact) mass is 428 g/mol. The van der Waals surface area contributed by atoms with E-state index in [1.165, 1.54) is 45.8 Å². The van der Waals surface area contributed by atoms with Crippen molar-refractivity contribution in [3.8, 4) is 9.88 Å². The van der Waals surface area contributed by atoms with Gasteiger partial charge in [-0.15, -0.1) is 21.5 Å². The number of benzene rings is 1. The van der Waals surface area contributed by atoms with Crippen molar-refractivity contribution in [3.63, 3.8) is 0 Å². The molecule has 0 bridgehead atoms. The first kappa shape index (κ1) is 19.4. The molecule has 0 fully saturated rings. The average molecular weight is 428 g/mol. The molecular formula is C19H16N4O4S2. The van der Waals surface area contributed by atoms with Crippen molar-refractivity contribution >= 4 is 45.5 Å². The zero-order valence-corrected chi connectivity index (χ0v) is 17.0. The summed E-state index contributed by atoms with van der Waals surface area (Å²) in [5, 5.41) is 13.8. The highest BCUT2D eigenvalue weighted by Gasteiger charge is 2.35. The summed E-state index contributed by atoms with van der Waals surface area (Å²) in [7, 11) is 1.56. The van der Waals surface area contributed by atoms with Crippen molar-refractivity contribution < 1.29 is 19.1 Å². The molecule has 148 valence electrons. The second-order valence-corrected chi connectivity index (χ2v) is 8.14. The van der Waals surface area contributed by atoms with E-state index in [-0.39, 0.29) is 23.6 Å². The number of carbonyl (C=O) groups excluding carboxylic acids is 3. The van der Waals surface area contributed by atoms with Gasteiger partial charge in [0, 0.05) is 25.8 Å². The van der Waals surface area contributed by atoms with Crippen molar-refractivity contribution in [2.45, 2.75) is 6.42 Å². The number of carbonyl (C=O) groups is 3. The van der Waals surface area contributed by atoms with Crippen molar-refractivity contribution in [1.29, 1.82) is 0 Å². The largest absolute Gasteiger partial charge is 0.385 e. The van der Waals surface area contributed by atoms with Gasteiger partial charge in [-0.1, -0.05) is 17.4 Å². The molecule has 0 aliphatic carbocycles. The SMILES string of the molecule is COCCCN1C(=O)c2ccc(C(=O)Nc3nnc(-c4cccs4)s3)cc2C1=O. The molecule has 3 amide bonds. The molecule has 0 radical (unpaired) electrons. The number of anilines is 1. The Kier molecular flexibility index (Phi) is 5.47. The number of hydrogen-bond donors (Lipinski definition) is 1. The molecule has 0 unspecified atom stereocenters. The number of ether oxygens (including phenoxy) is 1. The molecule has 0 spiro atoms. The molecular weight excluding hydrogens is 412 g/mol. The number of thiophene rings is 1. The van der Waals surface area contributed by atoms with Crippen molar-refractivity contribution in [2.24, 2.45) is 0 Å². The lowest BCUT2D eigenvalue weighted by molar-refractivity contribution is 0.0638. The van der Waals surface area contributed by atoms with E-state index in [1.807, 2.05) is 17.5 Å². The predicted molar refractivity (Wildman–Crippen MR) is 109 cm³/mol. The predicted octanol–water partition coefficient (Wildman–Crippen LogP) is 3.15. The molecule has 0 atom stereocenters. The van der Waals surface area contributed by atoms with E-state index in [4.69, 9.17) is 4.74 Å². The van der Waals surface area contributed by atoms with Gasteiger partial charge < -0.3 is 4.74 Å². The third-order valence-corrected chi connectivity index (χ3v) is 6.22. The van der Waals surface area contributed by atoms with E-state index in [1.54, 1.807) is 7.11 Å². The minimum Gasteiger partial charge on any atom is -0.385 e. The first-order chi connectivity index (χ1) is 14.1. The summed E-state index contributed by atoms with van der Waals surface area (Å²) in [4.78, 5) is 39.8. The number of aromatic nitrogens is 2. The Balaban J connectivity index is 1.49. The molecule has 3 aromatic rings. The van der Waals surface area contributed by atoms with E-state index >= 15 is 0 Å². The maximum Gasteiger partial charge on any atom is 0.261 e. The minimum absolute atomic E-state index is 0.233. The van der Waals surface area contributed by atoms with Crippen LogP contribution in [-0.2, 0) is 4.74 Å². The van der Waals surface area contributed by atoms with Crippen LogP contribution in [0.4, 0.5) is 5.13 Å². The molecule has 0 saturated heterocycles. The molecule has 1 aliphatic heterocycles. The second kappa shape index (κ2) is 8.19. The van der Waals surface area contributed by atoms with E-state index in [2.05, 4.69) is 15.5 Å². The van der Waals surface area contributed by atoms with E-state index in [0.29, 0.717) is 23.7 Å². The zero-order valence-electron chi connectivity index (χ0n) is 15.4. The molecule has 0 saturated carbocycles. The standard InChI is InChI=1S/C19H16N4O4S2/c1-27-8-3-7-23-17(25)12-6-5-11(10-13(12)18(23)26)15(24)20-19-22-21-16(29-19)14-4-2-9-28-14/h2,4-6,9-10H,3,7-8H2,1H3,(H,20,22,24). The number of methoxy groups -OCH3 is 1. The molecule has 1 aromatic carbocycles. The third-order valence-electron chi connectivity index (χ3n) is 4.34. The summed E-state index contributed by atoms with van der Waals surface area (Å²) < 4.78 is 4.97. The van der Waals surface area contributed by atoms with Crippen LogP contribution >= 0.6 is 22.7 Å². The van der Waals surface area contributed by atoms with Crippen LogP contribution in [0.2, 0.25) is 0 Å². The lowest BCUT2D eigenvalue weighted by Gasteiger charge is -2.12. The van der Waals surface area contributed by atoms with Gasteiger partial charge in [0.05, 0.1) is 16.0 Å². The van der Waals surface area contributed by atoms with Crippen LogP contribution in [0.5, 0.6) is 0 Å². The maximum absolute atomic E-state index is 12.6. The normalized spacial score (nSPS) is 13.1. The van der Waals surface area contributed by atoms with E-state index in [9.17, 15) is 14.4 Å². The van der Waals surface area contributed by atoms with Crippen LogP contribution in [0, 0.1) is 0 Å². The van der Waals surface area contributed by atoms with Crippen molar-refractivity contribution in [3.05, 3.63) is 52.4 Å². The fourth-order valence-corrected chi connectivity index (χ4v) is 4.48. The lowest BCUT2D eigenvalue weighted by atomic mass is 10.1. The van der Waals surface area contributed by atoms with Crippen molar-refractivity contribution in [2.75, 3.05) is 25.6 Å². The highest BCUT2D eigenvalue weighted by atomic mass is 32.1. The number of fused-ring (bicyclic) bond motifs is 1. The van der Waals surface area contributed by atoms with Crippen LogP contribution in [-0.4, -0.2) is 53.1 Å². The summed E-state index contributed by atoms with van der Waals surface area (Å²) in [5.41, 5.74) is 0.813. The molecule has 10 heteroatoms. The number of nitrogens with one attached hydrogen (secondary N) is 1. The van der Waals surface area contributed by atoms with Gasteiger partial charge in [-0.05, 0) is 36.1 Å². The lowest BCUT2D eigenvalue weighted by Crippen LogP contribution is -2.31. The van der Waals surface area contributed by atoms with Crippen LogP contribution in [0.15, 0.2) is 35.7 Å².